The summed E-state index contributed by atoms with van der Waals surface area (Å²) < 4.78 is 5.92. The van der Waals surface area contributed by atoms with Crippen LogP contribution in [-0.4, -0.2) is 46.9 Å². The standard InChI is InChI=1S/C51H95NO5/c1-4-7-10-13-16-19-22-23-24-25-26-29-32-35-38-41-44-51(56)57-47(42-39-36-33-30-27-20-17-14-11-8-5-2)45-50(55)52-48(46-53)49(54)43-40-37-34-31-28-21-18-15-12-9-6-3/h7,10,16,19,23-24,47-49,53-54H,4-6,8-9,11-15,17-18,20-22,25-46H2,1-3H3,(H,52,55)/b10-7+,19-16+,24-23+. The van der Waals surface area contributed by atoms with Gasteiger partial charge in [0.05, 0.1) is 25.2 Å². The molecule has 3 unspecified atom stereocenters. The van der Waals surface area contributed by atoms with Gasteiger partial charge in [-0.3, -0.25) is 9.59 Å². The topological polar surface area (TPSA) is 95.9 Å². The lowest BCUT2D eigenvalue weighted by atomic mass is 10.0. The third-order valence-corrected chi connectivity index (χ3v) is 11.2. The number of ether oxygens (including phenoxy) is 1. The maximum Gasteiger partial charge on any atom is 0.306 e. The summed E-state index contributed by atoms with van der Waals surface area (Å²) in [6.07, 6.45) is 52.0. The van der Waals surface area contributed by atoms with Crippen molar-refractivity contribution in [1.82, 2.24) is 5.32 Å². The van der Waals surface area contributed by atoms with E-state index in [2.05, 4.69) is 62.5 Å². The Hall–Kier alpha value is -1.92. The van der Waals surface area contributed by atoms with E-state index in [9.17, 15) is 19.8 Å². The van der Waals surface area contributed by atoms with Crippen LogP contribution in [0.25, 0.3) is 0 Å². The molecule has 0 bridgehead atoms. The first-order valence-electron chi connectivity index (χ1n) is 24.7. The molecule has 0 fully saturated rings. The zero-order chi connectivity index (χ0) is 41.7. The molecule has 6 nitrogen and oxygen atoms in total. The summed E-state index contributed by atoms with van der Waals surface area (Å²) in [7, 11) is 0. The summed E-state index contributed by atoms with van der Waals surface area (Å²) in [5.41, 5.74) is 0. The Morgan fingerprint density at radius 3 is 1.44 bits per heavy atom. The fraction of sp³-hybridized carbons (Fsp3) is 0.843. The number of aliphatic hydroxyl groups is 2. The molecule has 0 aliphatic rings. The summed E-state index contributed by atoms with van der Waals surface area (Å²) in [6, 6.07) is -0.699. The highest BCUT2D eigenvalue weighted by molar-refractivity contribution is 5.77. The van der Waals surface area contributed by atoms with E-state index in [0.29, 0.717) is 19.3 Å². The van der Waals surface area contributed by atoms with Crippen LogP contribution in [0, 0.1) is 0 Å². The molecule has 0 saturated carbocycles. The number of unbranched alkanes of at least 4 members (excludes halogenated alkanes) is 26. The van der Waals surface area contributed by atoms with Gasteiger partial charge in [-0.25, -0.2) is 0 Å². The van der Waals surface area contributed by atoms with Crippen molar-refractivity contribution in [3.05, 3.63) is 36.5 Å². The van der Waals surface area contributed by atoms with Crippen molar-refractivity contribution in [2.75, 3.05) is 6.61 Å². The molecule has 0 aromatic rings. The Balaban J connectivity index is 4.55. The van der Waals surface area contributed by atoms with Gasteiger partial charge in [-0.15, -0.1) is 0 Å². The van der Waals surface area contributed by atoms with Crippen LogP contribution < -0.4 is 5.32 Å². The highest BCUT2D eigenvalue weighted by atomic mass is 16.5. The van der Waals surface area contributed by atoms with Crippen molar-refractivity contribution in [2.45, 2.75) is 270 Å². The predicted octanol–water partition coefficient (Wildman–Crippen LogP) is 14.5. The molecule has 0 heterocycles. The largest absolute Gasteiger partial charge is 0.462 e. The minimum absolute atomic E-state index is 0.0756. The van der Waals surface area contributed by atoms with Gasteiger partial charge in [0, 0.05) is 6.42 Å². The second kappa shape index (κ2) is 45.2. The van der Waals surface area contributed by atoms with Gasteiger partial charge < -0.3 is 20.3 Å². The molecular weight excluding hydrogens is 707 g/mol. The number of carbonyl (C=O) groups is 2. The molecule has 0 aliphatic heterocycles. The summed E-state index contributed by atoms with van der Waals surface area (Å²) in [5.74, 6) is -0.481. The van der Waals surface area contributed by atoms with E-state index >= 15 is 0 Å². The Labute approximate surface area is 353 Å². The van der Waals surface area contributed by atoms with Crippen LogP contribution in [-0.2, 0) is 14.3 Å². The zero-order valence-electron chi connectivity index (χ0n) is 38.0. The average Bonchev–Trinajstić information content (AvgIpc) is 3.20. The highest BCUT2D eigenvalue weighted by Gasteiger charge is 2.24. The molecule has 57 heavy (non-hydrogen) atoms. The van der Waals surface area contributed by atoms with Gasteiger partial charge in [-0.2, -0.15) is 0 Å². The first-order chi connectivity index (χ1) is 28.0. The number of aliphatic hydroxyl groups excluding tert-OH is 2. The summed E-state index contributed by atoms with van der Waals surface area (Å²) in [5, 5.41) is 23.7. The molecule has 0 aromatic carbocycles. The fourth-order valence-electron chi connectivity index (χ4n) is 7.50. The number of rotatable bonds is 44. The van der Waals surface area contributed by atoms with Crippen LogP contribution >= 0.6 is 0 Å². The molecule has 334 valence electrons. The summed E-state index contributed by atoms with van der Waals surface area (Å²) >= 11 is 0. The number of hydrogen-bond donors (Lipinski definition) is 3. The van der Waals surface area contributed by atoms with Crippen LogP contribution in [0.1, 0.15) is 252 Å². The minimum Gasteiger partial charge on any atom is -0.462 e. The smallest absolute Gasteiger partial charge is 0.306 e. The molecule has 0 aliphatic carbocycles. The molecule has 3 atom stereocenters. The maximum absolute atomic E-state index is 13.2. The van der Waals surface area contributed by atoms with E-state index in [-0.39, 0.29) is 24.9 Å². The van der Waals surface area contributed by atoms with E-state index in [1.807, 2.05) is 0 Å². The van der Waals surface area contributed by atoms with Crippen molar-refractivity contribution in [3.8, 4) is 0 Å². The summed E-state index contributed by atoms with van der Waals surface area (Å²) in [4.78, 5) is 26.1. The normalized spacial score (nSPS) is 13.6. The van der Waals surface area contributed by atoms with E-state index in [1.54, 1.807) is 0 Å². The molecule has 1 amide bonds. The quantitative estimate of drug-likeness (QED) is 0.0324. The number of esters is 1. The van der Waals surface area contributed by atoms with E-state index in [1.165, 1.54) is 128 Å². The SMILES string of the molecule is CC/C=C/C/C=C/C/C=C/CCCCCCCCC(=O)OC(CCCCCCCCCCCCC)CC(=O)NC(CO)C(O)CCCCCCCCCCCCC. The molecule has 6 heteroatoms. The van der Waals surface area contributed by atoms with Gasteiger partial charge >= 0.3 is 5.97 Å². The molecular formula is C51H95NO5. The molecule has 0 rings (SSSR count). The molecule has 3 N–H and O–H groups in total. The van der Waals surface area contributed by atoms with Crippen LogP contribution in [0.3, 0.4) is 0 Å². The first kappa shape index (κ1) is 55.1. The van der Waals surface area contributed by atoms with Gasteiger partial charge in [0.25, 0.3) is 0 Å². The van der Waals surface area contributed by atoms with Crippen LogP contribution in [0.4, 0.5) is 0 Å². The Morgan fingerprint density at radius 1 is 0.526 bits per heavy atom. The second-order valence-electron chi connectivity index (χ2n) is 16.8. The lowest BCUT2D eigenvalue weighted by Crippen LogP contribution is -2.46. The molecule has 0 saturated heterocycles. The van der Waals surface area contributed by atoms with Gasteiger partial charge in [0.15, 0.2) is 0 Å². The number of carbonyl (C=O) groups excluding carboxylic acids is 2. The van der Waals surface area contributed by atoms with E-state index in [4.69, 9.17) is 4.74 Å². The first-order valence-corrected chi connectivity index (χ1v) is 24.7. The monoisotopic (exact) mass is 802 g/mol. The van der Waals surface area contributed by atoms with Crippen molar-refractivity contribution >= 4 is 11.9 Å². The number of hydrogen-bond acceptors (Lipinski definition) is 5. The minimum atomic E-state index is -0.785. The average molecular weight is 802 g/mol. The Morgan fingerprint density at radius 2 is 0.947 bits per heavy atom. The lowest BCUT2D eigenvalue weighted by Gasteiger charge is -2.24. The third kappa shape index (κ3) is 40.6. The molecule has 0 spiro atoms. The van der Waals surface area contributed by atoms with Gasteiger partial charge in [0.1, 0.15) is 6.10 Å². The third-order valence-electron chi connectivity index (χ3n) is 11.2. The van der Waals surface area contributed by atoms with E-state index in [0.717, 1.165) is 77.0 Å². The van der Waals surface area contributed by atoms with Crippen LogP contribution in [0.15, 0.2) is 36.5 Å². The number of allylic oxidation sites excluding steroid dienone is 6. The van der Waals surface area contributed by atoms with Crippen molar-refractivity contribution in [1.29, 1.82) is 0 Å². The zero-order valence-corrected chi connectivity index (χ0v) is 38.0. The molecule has 0 radical (unpaired) electrons. The lowest BCUT2D eigenvalue weighted by molar-refractivity contribution is -0.151. The van der Waals surface area contributed by atoms with Gasteiger partial charge in [-0.1, -0.05) is 218 Å². The number of nitrogens with one attached hydrogen (secondary N) is 1. The van der Waals surface area contributed by atoms with Gasteiger partial charge in [0.2, 0.25) is 5.91 Å². The predicted molar refractivity (Wildman–Crippen MR) is 246 cm³/mol. The Bertz CT molecular complexity index is 946. The number of amides is 1. The highest BCUT2D eigenvalue weighted by Crippen LogP contribution is 2.18. The molecule has 0 aromatic heterocycles. The van der Waals surface area contributed by atoms with Crippen molar-refractivity contribution in [2.24, 2.45) is 0 Å². The van der Waals surface area contributed by atoms with Crippen molar-refractivity contribution in [3.63, 3.8) is 0 Å². The fourth-order valence-corrected chi connectivity index (χ4v) is 7.50. The van der Waals surface area contributed by atoms with Gasteiger partial charge in [-0.05, 0) is 57.8 Å². The summed E-state index contributed by atoms with van der Waals surface area (Å²) in [6.45, 7) is 6.36. The second-order valence-corrected chi connectivity index (χ2v) is 16.8. The van der Waals surface area contributed by atoms with Crippen molar-refractivity contribution < 1.29 is 24.5 Å². The maximum atomic E-state index is 13.2. The van der Waals surface area contributed by atoms with E-state index < -0.39 is 18.2 Å². The van der Waals surface area contributed by atoms with Crippen LogP contribution in [0.5, 0.6) is 0 Å². The van der Waals surface area contributed by atoms with Crippen LogP contribution in [0.2, 0.25) is 0 Å². The Kier molecular flexibility index (Phi) is 43.6.